The molecule has 0 saturated heterocycles. The molecule has 2 aromatic heterocycles. The van der Waals surface area contributed by atoms with Crippen LogP contribution in [0.3, 0.4) is 0 Å². The van der Waals surface area contributed by atoms with Crippen molar-refractivity contribution in [2.24, 2.45) is 0 Å². The highest BCUT2D eigenvalue weighted by atomic mass is 16.5. The molecule has 6 nitrogen and oxygen atoms in total. The van der Waals surface area contributed by atoms with Crippen LogP contribution in [0, 0.1) is 0 Å². The number of nitrogens with zero attached hydrogens (tertiary/aromatic N) is 4. The Morgan fingerprint density at radius 2 is 2.31 bits per heavy atom. The third-order valence-corrected chi connectivity index (χ3v) is 1.95. The highest BCUT2D eigenvalue weighted by Gasteiger charge is 2.02. The van der Waals surface area contributed by atoms with Crippen molar-refractivity contribution in [2.75, 3.05) is 12.3 Å². The smallest absolute Gasteiger partial charge is 0.239 e. The van der Waals surface area contributed by atoms with Gasteiger partial charge in [0.15, 0.2) is 0 Å². The molecular formula is C10H13N5O. The second kappa shape index (κ2) is 4.61. The molecule has 2 heterocycles. The molecule has 0 aliphatic carbocycles. The van der Waals surface area contributed by atoms with E-state index in [4.69, 9.17) is 10.5 Å². The standard InChI is InChI=1S/C10H13N5O/c1-2-3-16-9-4-8(5-12-6-9)15-7-13-10(11)14-15/h4-7H,2-3H2,1H3,(H2,11,14). The van der Waals surface area contributed by atoms with E-state index < -0.39 is 0 Å². The Kier molecular flexibility index (Phi) is 3.00. The molecule has 0 saturated carbocycles. The number of pyridine rings is 1. The summed E-state index contributed by atoms with van der Waals surface area (Å²) in [6, 6.07) is 1.84. The molecule has 0 atom stereocenters. The molecule has 2 N–H and O–H groups in total. The summed E-state index contributed by atoms with van der Waals surface area (Å²) in [6.07, 6.45) is 5.84. The third kappa shape index (κ3) is 2.28. The fraction of sp³-hybridized carbons (Fsp3) is 0.300. The van der Waals surface area contributed by atoms with Gasteiger partial charge < -0.3 is 10.5 Å². The van der Waals surface area contributed by atoms with E-state index >= 15 is 0 Å². The van der Waals surface area contributed by atoms with Crippen molar-refractivity contribution in [1.82, 2.24) is 19.7 Å². The minimum Gasteiger partial charge on any atom is -0.492 e. The summed E-state index contributed by atoms with van der Waals surface area (Å²) in [5.41, 5.74) is 6.22. The van der Waals surface area contributed by atoms with Crippen molar-refractivity contribution in [1.29, 1.82) is 0 Å². The topological polar surface area (TPSA) is 78.8 Å². The number of nitrogen functional groups attached to an aromatic ring is 1. The van der Waals surface area contributed by atoms with Gasteiger partial charge in [0.1, 0.15) is 12.1 Å². The van der Waals surface area contributed by atoms with Gasteiger partial charge in [-0.2, -0.15) is 0 Å². The lowest BCUT2D eigenvalue weighted by atomic mass is 10.4. The number of anilines is 1. The minimum atomic E-state index is 0.236. The van der Waals surface area contributed by atoms with Gasteiger partial charge in [0.2, 0.25) is 5.95 Å². The zero-order valence-corrected chi connectivity index (χ0v) is 9.00. The molecule has 2 aromatic rings. The van der Waals surface area contributed by atoms with E-state index in [1.54, 1.807) is 17.1 Å². The van der Waals surface area contributed by atoms with Gasteiger partial charge in [-0.25, -0.2) is 9.67 Å². The molecule has 0 radical (unpaired) electrons. The molecule has 0 aliphatic rings. The van der Waals surface area contributed by atoms with Crippen LogP contribution in [-0.4, -0.2) is 26.4 Å². The van der Waals surface area contributed by atoms with Crippen LogP contribution in [0.4, 0.5) is 5.95 Å². The quantitative estimate of drug-likeness (QED) is 0.830. The van der Waals surface area contributed by atoms with Crippen molar-refractivity contribution < 1.29 is 4.74 Å². The molecule has 0 spiro atoms. The summed E-state index contributed by atoms with van der Waals surface area (Å²) in [5, 5.41) is 3.99. The predicted octanol–water partition coefficient (Wildman–Crippen LogP) is 1.03. The van der Waals surface area contributed by atoms with Gasteiger partial charge in [0.25, 0.3) is 0 Å². The summed E-state index contributed by atoms with van der Waals surface area (Å²) in [5.74, 6) is 0.952. The van der Waals surface area contributed by atoms with E-state index in [9.17, 15) is 0 Å². The number of rotatable bonds is 4. The number of aromatic nitrogens is 4. The van der Waals surface area contributed by atoms with Gasteiger partial charge in [-0.05, 0) is 6.42 Å². The summed E-state index contributed by atoms with van der Waals surface area (Å²) >= 11 is 0. The number of nitrogens with two attached hydrogens (primary N) is 1. The molecule has 0 amide bonds. The Hall–Kier alpha value is -2.11. The van der Waals surface area contributed by atoms with E-state index in [1.807, 2.05) is 6.07 Å². The van der Waals surface area contributed by atoms with Crippen molar-refractivity contribution in [3.05, 3.63) is 24.8 Å². The molecule has 0 unspecified atom stereocenters. The van der Waals surface area contributed by atoms with Gasteiger partial charge in [0.05, 0.1) is 24.7 Å². The highest BCUT2D eigenvalue weighted by Crippen LogP contribution is 2.14. The van der Waals surface area contributed by atoms with E-state index in [0.29, 0.717) is 12.4 Å². The lowest BCUT2D eigenvalue weighted by Gasteiger charge is -2.05. The summed E-state index contributed by atoms with van der Waals surface area (Å²) < 4.78 is 7.03. The molecule has 6 heteroatoms. The Balaban J connectivity index is 2.22. The molecule has 16 heavy (non-hydrogen) atoms. The Morgan fingerprint density at radius 1 is 1.44 bits per heavy atom. The molecule has 0 aromatic carbocycles. The lowest BCUT2D eigenvalue weighted by Crippen LogP contribution is -2.00. The van der Waals surface area contributed by atoms with Crippen LogP contribution in [0.1, 0.15) is 13.3 Å². The van der Waals surface area contributed by atoms with E-state index in [0.717, 1.165) is 12.1 Å². The number of ether oxygens (including phenoxy) is 1. The van der Waals surface area contributed by atoms with Gasteiger partial charge in [-0.1, -0.05) is 6.92 Å². The monoisotopic (exact) mass is 219 g/mol. The minimum absolute atomic E-state index is 0.236. The Morgan fingerprint density at radius 3 is 3.00 bits per heavy atom. The lowest BCUT2D eigenvalue weighted by molar-refractivity contribution is 0.316. The summed E-state index contributed by atoms with van der Waals surface area (Å²) in [6.45, 7) is 2.72. The van der Waals surface area contributed by atoms with Gasteiger partial charge in [-0.15, -0.1) is 5.10 Å². The average molecular weight is 219 g/mol. The van der Waals surface area contributed by atoms with Gasteiger partial charge in [0, 0.05) is 6.07 Å². The maximum absolute atomic E-state index is 5.47. The van der Waals surface area contributed by atoms with Crippen LogP contribution in [-0.2, 0) is 0 Å². The van der Waals surface area contributed by atoms with Gasteiger partial charge in [-0.3, -0.25) is 4.98 Å². The fourth-order valence-corrected chi connectivity index (χ4v) is 1.23. The van der Waals surface area contributed by atoms with Crippen LogP contribution < -0.4 is 10.5 Å². The second-order valence-electron chi connectivity index (χ2n) is 3.27. The first-order chi connectivity index (χ1) is 7.79. The van der Waals surface area contributed by atoms with Crippen LogP contribution >= 0.6 is 0 Å². The second-order valence-corrected chi connectivity index (χ2v) is 3.27. The van der Waals surface area contributed by atoms with Crippen molar-refractivity contribution in [2.45, 2.75) is 13.3 Å². The highest BCUT2D eigenvalue weighted by molar-refractivity contribution is 5.35. The zero-order valence-electron chi connectivity index (χ0n) is 9.00. The van der Waals surface area contributed by atoms with E-state index in [2.05, 4.69) is 22.0 Å². The number of hydrogen-bond donors (Lipinski definition) is 1. The van der Waals surface area contributed by atoms with Crippen LogP contribution in [0.5, 0.6) is 5.75 Å². The summed E-state index contributed by atoms with van der Waals surface area (Å²) in [7, 11) is 0. The van der Waals surface area contributed by atoms with Crippen molar-refractivity contribution in [3.63, 3.8) is 0 Å². The normalized spacial score (nSPS) is 10.3. The SMILES string of the molecule is CCCOc1cncc(-n2cnc(N)n2)c1. The van der Waals surface area contributed by atoms with E-state index in [-0.39, 0.29) is 5.95 Å². The van der Waals surface area contributed by atoms with Crippen molar-refractivity contribution >= 4 is 5.95 Å². The first-order valence-electron chi connectivity index (χ1n) is 5.05. The maximum Gasteiger partial charge on any atom is 0.239 e. The molecule has 0 fully saturated rings. The summed E-state index contributed by atoms with van der Waals surface area (Å²) in [4.78, 5) is 7.91. The first-order valence-corrected chi connectivity index (χ1v) is 5.05. The van der Waals surface area contributed by atoms with Gasteiger partial charge >= 0.3 is 0 Å². The van der Waals surface area contributed by atoms with Crippen LogP contribution in [0.15, 0.2) is 24.8 Å². The fourth-order valence-electron chi connectivity index (χ4n) is 1.23. The van der Waals surface area contributed by atoms with Crippen LogP contribution in [0.25, 0.3) is 5.69 Å². The molecule has 0 aliphatic heterocycles. The largest absolute Gasteiger partial charge is 0.492 e. The molecule has 84 valence electrons. The average Bonchev–Trinajstić information content (AvgIpc) is 2.74. The number of hydrogen-bond acceptors (Lipinski definition) is 5. The van der Waals surface area contributed by atoms with Crippen LogP contribution in [0.2, 0.25) is 0 Å². The third-order valence-electron chi connectivity index (χ3n) is 1.95. The van der Waals surface area contributed by atoms with E-state index in [1.165, 1.54) is 6.33 Å². The predicted molar refractivity (Wildman–Crippen MR) is 59.4 cm³/mol. The van der Waals surface area contributed by atoms with Crippen molar-refractivity contribution in [3.8, 4) is 11.4 Å². The Bertz CT molecular complexity index is 468. The molecular weight excluding hydrogens is 206 g/mol. The zero-order chi connectivity index (χ0) is 11.4. The first kappa shape index (κ1) is 10.4. The maximum atomic E-state index is 5.47. The molecule has 0 bridgehead atoms. The molecule has 2 rings (SSSR count). The Labute approximate surface area is 93.1 Å².